The number of aryl methyl sites for hydroxylation is 1. The number of nitrogens with one attached hydrogen (secondary N) is 1. The predicted octanol–water partition coefficient (Wildman–Crippen LogP) is 1.77. The molecule has 0 spiro atoms. The monoisotopic (exact) mass is 344 g/mol. The minimum absolute atomic E-state index is 0.192. The summed E-state index contributed by atoms with van der Waals surface area (Å²) in [5, 5.41) is 16.0. The fourth-order valence-corrected chi connectivity index (χ4v) is 2.98. The van der Waals surface area contributed by atoms with Gasteiger partial charge in [0.25, 0.3) is 5.91 Å². The molecule has 1 fully saturated rings. The van der Waals surface area contributed by atoms with Crippen molar-refractivity contribution in [2.75, 3.05) is 24.6 Å². The average molecular weight is 344 g/mol. The van der Waals surface area contributed by atoms with Crippen molar-refractivity contribution in [3.05, 3.63) is 41.4 Å². The van der Waals surface area contributed by atoms with Gasteiger partial charge in [-0.3, -0.25) is 4.79 Å². The van der Waals surface area contributed by atoms with Gasteiger partial charge in [-0.1, -0.05) is 18.5 Å². The number of hydrogen-bond acceptors (Lipinski definition) is 6. The zero-order chi connectivity index (χ0) is 17.6. The lowest BCUT2D eigenvalue weighted by molar-refractivity contribution is 0.0946. The van der Waals surface area contributed by atoms with Gasteiger partial charge < -0.3 is 19.8 Å². The highest BCUT2D eigenvalue weighted by Gasteiger charge is 2.22. The molecule has 0 aromatic carbocycles. The lowest BCUT2D eigenvalue weighted by Crippen LogP contribution is -2.24. The van der Waals surface area contributed by atoms with Crippen molar-refractivity contribution in [3.8, 4) is 0 Å². The van der Waals surface area contributed by atoms with E-state index in [2.05, 4.69) is 27.3 Å². The number of hydrogen-bond donors (Lipinski definition) is 2. The van der Waals surface area contributed by atoms with Gasteiger partial charge in [-0.05, 0) is 25.0 Å². The van der Waals surface area contributed by atoms with Crippen molar-refractivity contribution in [3.63, 3.8) is 0 Å². The van der Waals surface area contributed by atoms with Crippen LogP contribution in [0.15, 0.2) is 28.9 Å². The number of carbonyl (C=O) groups is 1. The van der Waals surface area contributed by atoms with Crippen LogP contribution in [0.1, 0.15) is 41.6 Å². The van der Waals surface area contributed by atoms with Crippen LogP contribution in [0.25, 0.3) is 0 Å². The Labute approximate surface area is 147 Å². The van der Waals surface area contributed by atoms with E-state index >= 15 is 0 Å². The number of rotatable bonds is 7. The summed E-state index contributed by atoms with van der Waals surface area (Å²) in [4.78, 5) is 18.7. The third-order valence-electron chi connectivity index (χ3n) is 4.42. The van der Waals surface area contributed by atoms with Crippen molar-refractivity contribution in [2.24, 2.45) is 5.92 Å². The first kappa shape index (κ1) is 17.4. The van der Waals surface area contributed by atoms with Crippen molar-refractivity contribution in [1.29, 1.82) is 0 Å². The van der Waals surface area contributed by atoms with Crippen molar-refractivity contribution < 1.29 is 14.4 Å². The van der Waals surface area contributed by atoms with E-state index in [1.54, 1.807) is 12.3 Å². The summed E-state index contributed by atoms with van der Waals surface area (Å²) in [5.74, 6) is 1.60. The molecule has 0 radical (unpaired) electrons. The van der Waals surface area contributed by atoms with Gasteiger partial charge in [0.05, 0.1) is 17.8 Å². The van der Waals surface area contributed by atoms with Crippen LogP contribution in [-0.2, 0) is 13.0 Å². The predicted molar refractivity (Wildman–Crippen MR) is 93.3 cm³/mol. The summed E-state index contributed by atoms with van der Waals surface area (Å²) in [6.07, 6.45) is 4.43. The number of nitrogens with zero attached hydrogens (tertiary/aromatic N) is 3. The molecule has 1 atom stereocenters. The maximum absolute atomic E-state index is 12.2. The first-order chi connectivity index (χ1) is 12.2. The molecule has 2 N–H and O–H groups in total. The van der Waals surface area contributed by atoms with Crippen LogP contribution in [0.2, 0.25) is 0 Å². The maximum Gasteiger partial charge on any atom is 0.253 e. The molecule has 1 aliphatic rings. The van der Waals surface area contributed by atoms with Crippen LogP contribution in [-0.4, -0.2) is 40.9 Å². The molecule has 1 aliphatic heterocycles. The second-order valence-corrected chi connectivity index (χ2v) is 6.41. The molecule has 7 heteroatoms. The summed E-state index contributed by atoms with van der Waals surface area (Å²) < 4.78 is 5.20. The number of carbonyl (C=O) groups excluding carboxylic acids is 1. The molecule has 2 aromatic rings. The molecule has 134 valence electrons. The number of aliphatic hydroxyl groups is 1. The molecule has 3 heterocycles. The van der Waals surface area contributed by atoms with Crippen LogP contribution in [0.5, 0.6) is 0 Å². The zero-order valence-corrected chi connectivity index (χ0v) is 14.4. The standard InChI is InChI=1S/C18H24N4O3/c1-2-3-15-8-16(25-21-15)10-20-18(24)14-4-5-17(19-9-14)22-7-6-13(11-22)12-23/h4-5,8-9,13,23H,2-3,6-7,10-12H2,1H3,(H,20,24). The van der Waals surface area contributed by atoms with E-state index in [-0.39, 0.29) is 12.5 Å². The number of aliphatic hydroxyl groups excluding tert-OH is 1. The second-order valence-electron chi connectivity index (χ2n) is 6.41. The smallest absolute Gasteiger partial charge is 0.253 e. The molecule has 0 bridgehead atoms. The summed E-state index contributed by atoms with van der Waals surface area (Å²) in [6, 6.07) is 5.49. The van der Waals surface area contributed by atoms with Gasteiger partial charge in [0.2, 0.25) is 0 Å². The van der Waals surface area contributed by atoms with Gasteiger partial charge in [0.15, 0.2) is 5.76 Å². The van der Waals surface area contributed by atoms with Crippen LogP contribution < -0.4 is 10.2 Å². The van der Waals surface area contributed by atoms with E-state index in [1.807, 2.05) is 12.1 Å². The summed E-state index contributed by atoms with van der Waals surface area (Å²) >= 11 is 0. The molecule has 25 heavy (non-hydrogen) atoms. The average Bonchev–Trinajstić information content (AvgIpc) is 3.29. The number of anilines is 1. The van der Waals surface area contributed by atoms with Crippen LogP contribution in [0.3, 0.4) is 0 Å². The van der Waals surface area contributed by atoms with E-state index in [9.17, 15) is 9.90 Å². The molecule has 1 amide bonds. The third-order valence-corrected chi connectivity index (χ3v) is 4.42. The van der Waals surface area contributed by atoms with E-state index in [4.69, 9.17) is 4.52 Å². The molecular weight excluding hydrogens is 320 g/mol. The fourth-order valence-electron chi connectivity index (χ4n) is 2.98. The highest BCUT2D eigenvalue weighted by molar-refractivity contribution is 5.93. The minimum atomic E-state index is -0.192. The quantitative estimate of drug-likeness (QED) is 0.795. The Morgan fingerprint density at radius 1 is 1.48 bits per heavy atom. The first-order valence-electron chi connectivity index (χ1n) is 8.74. The number of amides is 1. The Hall–Kier alpha value is -2.41. The number of aromatic nitrogens is 2. The van der Waals surface area contributed by atoms with Gasteiger partial charge in [-0.2, -0.15) is 0 Å². The van der Waals surface area contributed by atoms with E-state index in [0.29, 0.717) is 23.8 Å². The molecule has 1 unspecified atom stereocenters. The third kappa shape index (κ3) is 4.36. The molecular formula is C18H24N4O3. The van der Waals surface area contributed by atoms with Crippen LogP contribution in [0.4, 0.5) is 5.82 Å². The molecule has 2 aromatic heterocycles. The van der Waals surface area contributed by atoms with Crippen LogP contribution in [0, 0.1) is 5.92 Å². The van der Waals surface area contributed by atoms with Crippen molar-refractivity contribution in [1.82, 2.24) is 15.5 Å². The van der Waals surface area contributed by atoms with Gasteiger partial charge in [-0.15, -0.1) is 0 Å². The zero-order valence-electron chi connectivity index (χ0n) is 14.4. The molecule has 3 rings (SSSR count). The highest BCUT2D eigenvalue weighted by atomic mass is 16.5. The molecule has 0 saturated carbocycles. The lowest BCUT2D eigenvalue weighted by atomic mass is 10.1. The van der Waals surface area contributed by atoms with Crippen molar-refractivity contribution >= 4 is 11.7 Å². The minimum Gasteiger partial charge on any atom is -0.396 e. The molecule has 7 nitrogen and oxygen atoms in total. The Morgan fingerprint density at radius 2 is 2.36 bits per heavy atom. The summed E-state index contributed by atoms with van der Waals surface area (Å²) in [7, 11) is 0. The highest BCUT2D eigenvalue weighted by Crippen LogP contribution is 2.21. The van der Waals surface area contributed by atoms with Gasteiger partial charge in [-0.25, -0.2) is 4.98 Å². The Morgan fingerprint density at radius 3 is 3.04 bits per heavy atom. The van der Waals surface area contributed by atoms with Crippen LogP contribution >= 0.6 is 0 Å². The molecule has 1 saturated heterocycles. The number of pyridine rings is 1. The Bertz CT molecular complexity index is 699. The second kappa shape index (κ2) is 8.11. The summed E-state index contributed by atoms with van der Waals surface area (Å²) in [6.45, 7) is 4.29. The van der Waals surface area contributed by atoms with E-state index in [1.165, 1.54) is 0 Å². The van der Waals surface area contributed by atoms with E-state index in [0.717, 1.165) is 43.9 Å². The lowest BCUT2D eigenvalue weighted by Gasteiger charge is -2.17. The fraction of sp³-hybridized carbons (Fsp3) is 0.500. The van der Waals surface area contributed by atoms with Gasteiger partial charge in [0, 0.05) is 37.9 Å². The largest absolute Gasteiger partial charge is 0.396 e. The van der Waals surface area contributed by atoms with E-state index < -0.39 is 0 Å². The van der Waals surface area contributed by atoms with Gasteiger partial charge in [0.1, 0.15) is 5.82 Å². The Balaban J connectivity index is 1.53. The normalized spacial score (nSPS) is 17.0. The Kier molecular flexibility index (Phi) is 5.65. The summed E-state index contributed by atoms with van der Waals surface area (Å²) in [5.41, 5.74) is 1.42. The first-order valence-corrected chi connectivity index (χ1v) is 8.74. The topological polar surface area (TPSA) is 91.5 Å². The molecule has 0 aliphatic carbocycles. The maximum atomic E-state index is 12.2. The van der Waals surface area contributed by atoms with Crippen molar-refractivity contribution in [2.45, 2.75) is 32.7 Å². The van der Waals surface area contributed by atoms with Gasteiger partial charge >= 0.3 is 0 Å². The SMILES string of the molecule is CCCc1cc(CNC(=O)c2ccc(N3CCC(CO)C3)nc2)on1.